The van der Waals surface area contributed by atoms with Gasteiger partial charge in [-0.1, -0.05) is 37.3 Å². The molecule has 0 amide bonds. The van der Waals surface area contributed by atoms with Crippen molar-refractivity contribution < 1.29 is 4.79 Å². The Hall–Kier alpha value is -2.67. The van der Waals surface area contributed by atoms with E-state index in [4.69, 9.17) is 0 Å². The van der Waals surface area contributed by atoms with E-state index in [-0.39, 0.29) is 5.78 Å². The second-order valence-corrected chi connectivity index (χ2v) is 8.96. The first-order chi connectivity index (χ1) is 14.0. The van der Waals surface area contributed by atoms with E-state index in [1.165, 1.54) is 31.2 Å². The Kier molecular flexibility index (Phi) is 5.67. The lowest BCUT2D eigenvalue weighted by Gasteiger charge is -2.37. The highest BCUT2D eigenvalue weighted by molar-refractivity contribution is 5.75. The largest absolute Gasteiger partial charge is 0.340 e. The van der Waals surface area contributed by atoms with Gasteiger partial charge in [0.15, 0.2) is 0 Å². The van der Waals surface area contributed by atoms with Crippen molar-refractivity contribution in [3.05, 3.63) is 53.3 Å². The Morgan fingerprint density at radius 2 is 1.79 bits per heavy atom. The first-order valence-electron chi connectivity index (χ1n) is 10.7. The Morgan fingerprint density at radius 1 is 1.10 bits per heavy atom. The van der Waals surface area contributed by atoms with Crippen molar-refractivity contribution >= 4 is 11.7 Å². The van der Waals surface area contributed by atoms with E-state index in [1.54, 1.807) is 6.92 Å². The van der Waals surface area contributed by atoms with Gasteiger partial charge in [0.1, 0.15) is 5.78 Å². The van der Waals surface area contributed by atoms with Gasteiger partial charge in [-0.05, 0) is 61.6 Å². The molecule has 4 nitrogen and oxygen atoms in total. The number of hydrogen-bond donors (Lipinski definition) is 0. The van der Waals surface area contributed by atoms with Gasteiger partial charge in [-0.2, -0.15) is 0 Å². The van der Waals surface area contributed by atoms with Crippen LogP contribution in [-0.2, 0) is 11.2 Å². The first kappa shape index (κ1) is 19.6. The van der Waals surface area contributed by atoms with Crippen molar-refractivity contribution in [2.24, 2.45) is 11.3 Å². The molecule has 1 aromatic carbocycles. The van der Waals surface area contributed by atoms with E-state index >= 15 is 0 Å². The number of ketones is 1. The zero-order valence-corrected chi connectivity index (χ0v) is 17.4. The van der Waals surface area contributed by atoms with Gasteiger partial charge in [0.2, 0.25) is 5.95 Å². The Balaban J connectivity index is 1.34. The van der Waals surface area contributed by atoms with Gasteiger partial charge in [0.25, 0.3) is 0 Å². The van der Waals surface area contributed by atoms with Crippen LogP contribution in [0.1, 0.15) is 62.6 Å². The van der Waals surface area contributed by atoms with Crippen LogP contribution in [0.5, 0.6) is 0 Å². The molecule has 4 heteroatoms. The number of Topliss-reactive ketones (excluding diaryl/α,β-unsaturated/α-hetero) is 1. The second kappa shape index (κ2) is 8.37. The molecular formula is C25H29N3O. The van der Waals surface area contributed by atoms with Crippen molar-refractivity contribution in [3.63, 3.8) is 0 Å². The predicted molar refractivity (Wildman–Crippen MR) is 116 cm³/mol. The zero-order valence-electron chi connectivity index (χ0n) is 17.4. The Morgan fingerprint density at radius 3 is 2.38 bits per heavy atom. The monoisotopic (exact) mass is 387 g/mol. The van der Waals surface area contributed by atoms with E-state index in [9.17, 15) is 4.79 Å². The molecule has 150 valence electrons. The van der Waals surface area contributed by atoms with Crippen LogP contribution in [0.25, 0.3) is 0 Å². The molecule has 1 unspecified atom stereocenters. The lowest BCUT2D eigenvalue weighted by atomic mass is 9.68. The molecule has 29 heavy (non-hydrogen) atoms. The SMILES string of the molecule is CC(=O)CC(C)Cc1ccc(C#Cc2cnc(N3CCC4(CCC4)C3)nc2)cc1. The summed E-state index contributed by atoms with van der Waals surface area (Å²) in [7, 11) is 0. The van der Waals surface area contributed by atoms with Crippen molar-refractivity contribution in [2.45, 2.75) is 52.4 Å². The van der Waals surface area contributed by atoms with Crippen LogP contribution in [-0.4, -0.2) is 28.8 Å². The quantitative estimate of drug-likeness (QED) is 0.713. The lowest BCUT2D eigenvalue weighted by Crippen LogP contribution is -2.33. The Bertz CT molecular complexity index is 917. The van der Waals surface area contributed by atoms with Crippen LogP contribution in [0.15, 0.2) is 36.7 Å². The molecule has 2 aliphatic rings. The van der Waals surface area contributed by atoms with Gasteiger partial charge in [-0.25, -0.2) is 9.97 Å². The second-order valence-electron chi connectivity index (χ2n) is 8.96. The molecule has 0 radical (unpaired) electrons. The third-order valence-electron chi connectivity index (χ3n) is 6.30. The number of carbonyl (C=O) groups is 1. The summed E-state index contributed by atoms with van der Waals surface area (Å²) in [5.41, 5.74) is 3.61. The van der Waals surface area contributed by atoms with E-state index in [1.807, 2.05) is 24.5 Å². The fraction of sp³-hybridized carbons (Fsp3) is 0.480. The number of hydrogen-bond acceptors (Lipinski definition) is 4. The van der Waals surface area contributed by atoms with Crippen LogP contribution >= 0.6 is 0 Å². The van der Waals surface area contributed by atoms with Crippen LogP contribution in [0.4, 0.5) is 5.95 Å². The van der Waals surface area contributed by atoms with Gasteiger partial charge in [-0.15, -0.1) is 0 Å². The standard InChI is InChI=1S/C25H29N3O/c1-19(14-20(2)29)15-22-7-4-21(5-8-22)6-9-23-16-26-24(27-17-23)28-13-12-25(18-28)10-3-11-25/h4-5,7-8,16-17,19H,3,10-15,18H2,1-2H3. The summed E-state index contributed by atoms with van der Waals surface area (Å²) in [5.74, 6) is 7.82. The fourth-order valence-electron chi connectivity index (χ4n) is 4.57. The number of benzene rings is 1. The van der Waals surface area contributed by atoms with E-state index in [0.29, 0.717) is 17.8 Å². The smallest absolute Gasteiger partial charge is 0.225 e. The number of aromatic nitrogens is 2. The normalized spacial score (nSPS) is 18.1. The van der Waals surface area contributed by atoms with Gasteiger partial charge < -0.3 is 9.69 Å². The average molecular weight is 388 g/mol. The molecule has 1 aliphatic heterocycles. The fourth-order valence-corrected chi connectivity index (χ4v) is 4.57. The molecule has 1 aromatic heterocycles. The predicted octanol–water partition coefficient (Wildman–Crippen LogP) is 4.41. The highest BCUT2D eigenvalue weighted by atomic mass is 16.1. The minimum absolute atomic E-state index is 0.250. The van der Waals surface area contributed by atoms with Crippen molar-refractivity contribution in [3.8, 4) is 11.8 Å². The maximum atomic E-state index is 11.2. The molecule has 1 saturated carbocycles. The summed E-state index contributed by atoms with van der Waals surface area (Å²) in [6.07, 6.45) is 10.6. The van der Waals surface area contributed by atoms with Crippen molar-refractivity contribution in [1.82, 2.24) is 9.97 Å². The van der Waals surface area contributed by atoms with E-state index in [0.717, 1.165) is 36.6 Å². The third kappa shape index (κ3) is 4.85. The average Bonchev–Trinajstić information content (AvgIpc) is 3.14. The van der Waals surface area contributed by atoms with Crippen LogP contribution in [0.2, 0.25) is 0 Å². The molecule has 0 N–H and O–H groups in total. The molecule has 4 rings (SSSR count). The van der Waals surface area contributed by atoms with Gasteiger partial charge in [0.05, 0.1) is 5.56 Å². The minimum atomic E-state index is 0.250. The molecular weight excluding hydrogens is 358 g/mol. The highest BCUT2D eigenvalue weighted by Crippen LogP contribution is 2.48. The number of anilines is 1. The number of nitrogens with zero attached hydrogens (tertiary/aromatic N) is 3. The molecule has 2 fully saturated rings. The number of carbonyl (C=O) groups excluding carboxylic acids is 1. The van der Waals surface area contributed by atoms with Crippen LogP contribution in [0, 0.1) is 23.2 Å². The Labute approximate surface area is 173 Å². The summed E-state index contributed by atoms with van der Waals surface area (Å²) in [4.78, 5) is 22.7. The molecule has 1 atom stereocenters. The van der Waals surface area contributed by atoms with Crippen LogP contribution < -0.4 is 4.90 Å². The molecule has 1 saturated heterocycles. The van der Waals surface area contributed by atoms with E-state index < -0.39 is 0 Å². The number of rotatable bonds is 5. The third-order valence-corrected chi connectivity index (χ3v) is 6.30. The molecule has 0 bridgehead atoms. The molecule has 2 aromatic rings. The lowest BCUT2D eigenvalue weighted by molar-refractivity contribution is -0.117. The maximum absolute atomic E-state index is 11.2. The van der Waals surface area contributed by atoms with Gasteiger partial charge >= 0.3 is 0 Å². The van der Waals surface area contributed by atoms with Gasteiger partial charge in [0, 0.05) is 37.5 Å². The summed E-state index contributed by atoms with van der Waals surface area (Å²) in [6.45, 7) is 5.95. The summed E-state index contributed by atoms with van der Waals surface area (Å²) in [5, 5.41) is 0. The van der Waals surface area contributed by atoms with Gasteiger partial charge in [-0.3, -0.25) is 0 Å². The summed E-state index contributed by atoms with van der Waals surface area (Å²) in [6, 6.07) is 8.29. The van der Waals surface area contributed by atoms with E-state index in [2.05, 4.69) is 45.8 Å². The molecule has 1 spiro atoms. The summed E-state index contributed by atoms with van der Waals surface area (Å²) < 4.78 is 0. The highest BCUT2D eigenvalue weighted by Gasteiger charge is 2.43. The molecule has 1 aliphatic carbocycles. The molecule has 2 heterocycles. The van der Waals surface area contributed by atoms with Crippen molar-refractivity contribution in [1.29, 1.82) is 0 Å². The maximum Gasteiger partial charge on any atom is 0.225 e. The zero-order chi connectivity index (χ0) is 20.3. The summed E-state index contributed by atoms with van der Waals surface area (Å²) >= 11 is 0. The van der Waals surface area contributed by atoms with Crippen molar-refractivity contribution in [2.75, 3.05) is 18.0 Å². The first-order valence-corrected chi connectivity index (χ1v) is 10.7. The topological polar surface area (TPSA) is 46.1 Å². The van der Waals surface area contributed by atoms with Crippen LogP contribution in [0.3, 0.4) is 0 Å². The minimum Gasteiger partial charge on any atom is -0.340 e.